The maximum atomic E-state index is 12.4. The summed E-state index contributed by atoms with van der Waals surface area (Å²) in [5, 5.41) is 8.06. The molecule has 0 unspecified atom stereocenters. The smallest absolute Gasteiger partial charge is 0.254 e. The van der Waals surface area contributed by atoms with Crippen molar-refractivity contribution in [3.8, 4) is 5.75 Å². The lowest BCUT2D eigenvalue weighted by atomic mass is 10.2. The van der Waals surface area contributed by atoms with Crippen LogP contribution in [-0.4, -0.2) is 38.6 Å². The Hall–Kier alpha value is -3.48. The number of carbonyl (C=O) groups excluding carboxylic acids is 1. The van der Waals surface area contributed by atoms with Crippen LogP contribution in [0.1, 0.15) is 21.7 Å². The number of carbonyl (C=O) groups is 1. The first-order valence-corrected chi connectivity index (χ1v) is 8.70. The Morgan fingerprint density at radius 3 is 2.96 bits per heavy atom. The Morgan fingerprint density at radius 1 is 1.19 bits per heavy atom. The molecular weight excluding hydrogens is 342 g/mol. The molecule has 3 aromatic heterocycles. The van der Waals surface area contributed by atoms with Crippen molar-refractivity contribution in [3.63, 3.8) is 0 Å². The van der Waals surface area contributed by atoms with Gasteiger partial charge in [0.15, 0.2) is 5.65 Å². The predicted octanol–water partition coefficient (Wildman–Crippen LogP) is 2.70. The van der Waals surface area contributed by atoms with Crippen molar-refractivity contribution < 1.29 is 9.53 Å². The SMILES string of the molecule is Cc1ccc2cccc(OCCNC(=O)c3cnc4ccnn4c3C)c2n1. The molecule has 1 amide bonds. The second-order valence-corrected chi connectivity index (χ2v) is 6.24. The fraction of sp³-hybridized carbons (Fsp3) is 0.200. The highest BCUT2D eigenvalue weighted by atomic mass is 16.5. The average Bonchev–Trinajstić information content (AvgIpc) is 3.15. The largest absolute Gasteiger partial charge is 0.489 e. The van der Waals surface area contributed by atoms with Crippen LogP contribution in [0.3, 0.4) is 0 Å². The van der Waals surface area contributed by atoms with Crippen LogP contribution in [0.25, 0.3) is 16.6 Å². The molecule has 7 heteroatoms. The van der Waals surface area contributed by atoms with E-state index in [0.29, 0.717) is 30.1 Å². The number of rotatable bonds is 5. The van der Waals surface area contributed by atoms with Gasteiger partial charge < -0.3 is 10.1 Å². The van der Waals surface area contributed by atoms with Gasteiger partial charge in [-0.15, -0.1) is 0 Å². The number of nitrogens with one attached hydrogen (secondary N) is 1. The molecule has 4 rings (SSSR count). The molecule has 0 atom stereocenters. The lowest BCUT2D eigenvalue weighted by Gasteiger charge is -2.11. The molecule has 1 aromatic carbocycles. The molecule has 27 heavy (non-hydrogen) atoms. The molecule has 1 N–H and O–H groups in total. The van der Waals surface area contributed by atoms with E-state index in [1.54, 1.807) is 23.0 Å². The highest BCUT2D eigenvalue weighted by Gasteiger charge is 2.13. The van der Waals surface area contributed by atoms with E-state index in [2.05, 4.69) is 20.4 Å². The molecule has 0 fully saturated rings. The Morgan fingerprint density at radius 2 is 2.07 bits per heavy atom. The number of amides is 1. The topological polar surface area (TPSA) is 81.4 Å². The van der Waals surface area contributed by atoms with Crippen LogP contribution < -0.4 is 10.1 Å². The number of hydrogen-bond acceptors (Lipinski definition) is 5. The maximum Gasteiger partial charge on any atom is 0.254 e. The van der Waals surface area contributed by atoms with Crippen molar-refractivity contribution in [2.45, 2.75) is 13.8 Å². The van der Waals surface area contributed by atoms with Crippen LogP contribution in [0.15, 0.2) is 48.8 Å². The average molecular weight is 361 g/mol. The Labute approximate surface area is 156 Å². The third-order valence-corrected chi connectivity index (χ3v) is 4.37. The quantitative estimate of drug-likeness (QED) is 0.553. The van der Waals surface area contributed by atoms with Gasteiger partial charge in [0.1, 0.15) is 17.9 Å². The van der Waals surface area contributed by atoms with Gasteiger partial charge in [-0.1, -0.05) is 18.2 Å². The maximum absolute atomic E-state index is 12.4. The van der Waals surface area contributed by atoms with Crippen molar-refractivity contribution in [3.05, 3.63) is 65.7 Å². The normalized spacial score (nSPS) is 11.0. The zero-order chi connectivity index (χ0) is 18.8. The van der Waals surface area contributed by atoms with E-state index >= 15 is 0 Å². The summed E-state index contributed by atoms with van der Waals surface area (Å²) in [6.07, 6.45) is 3.23. The van der Waals surface area contributed by atoms with Crippen LogP contribution in [0.5, 0.6) is 5.75 Å². The van der Waals surface area contributed by atoms with Crippen LogP contribution in [0.2, 0.25) is 0 Å². The minimum Gasteiger partial charge on any atom is -0.489 e. The molecule has 136 valence electrons. The molecule has 0 aliphatic carbocycles. The zero-order valence-electron chi connectivity index (χ0n) is 15.1. The molecule has 4 aromatic rings. The van der Waals surface area contributed by atoms with E-state index in [1.165, 1.54) is 0 Å². The van der Waals surface area contributed by atoms with Gasteiger partial charge in [0.05, 0.1) is 24.0 Å². The van der Waals surface area contributed by atoms with E-state index in [9.17, 15) is 4.79 Å². The van der Waals surface area contributed by atoms with Crippen molar-refractivity contribution >= 4 is 22.5 Å². The second kappa shape index (κ2) is 7.03. The predicted molar refractivity (Wildman–Crippen MR) is 102 cm³/mol. The van der Waals surface area contributed by atoms with E-state index < -0.39 is 0 Å². The summed E-state index contributed by atoms with van der Waals surface area (Å²) in [6.45, 7) is 4.51. The van der Waals surface area contributed by atoms with Crippen molar-refractivity contribution in [2.75, 3.05) is 13.2 Å². The van der Waals surface area contributed by atoms with Gasteiger partial charge in [-0.2, -0.15) is 5.10 Å². The molecule has 0 spiro atoms. The monoisotopic (exact) mass is 361 g/mol. The Kier molecular flexibility index (Phi) is 4.42. The number of fused-ring (bicyclic) bond motifs is 2. The van der Waals surface area contributed by atoms with Gasteiger partial charge in [0.2, 0.25) is 0 Å². The summed E-state index contributed by atoms with van der Waals surface area (Å²) in [7, 11) is 0. The first kappa shape index (κ1) is 17.0. The lowest BCUT2D eigenvalue weighted by molar-refractivity contribution is 0.0945. The fourth-order valence-corrected chi connectivity index (χ4v) is 2.97. The summed E-state index contributed by atoms with van der Waals surface area (Å²) >= 11 is 0. The summed E-state index contributed by atoms with van der Waals surface area (Å²) in [5.74, 6) is 0.508. The first-order chi connectivity index (χ1) is 13.1. The minimum absolute atomic E-state index is 0.201. The molecule has 7 nitrogen and oxygen atoms in total. The highest BCUT2D eigenvalue weighted by Crippen LogP contribution is 2.23. The fourth-order valence-electron chi connectivity index (χ4n) is 2.97. The van der Waals surface area contributed by atoms with Crippen molar-refractivity contribution in [2.24, 2.45) is 0 Å². The molecule has 0 aliphatic heterocycles. The summed E-state index contributed by atoms with van der Waals surface area (Å²) in [4.78, 5) is 21.2. The number of pyridine rings is 1. The van der Waals surface area contributed by atoms with E-state index in [1.807, 2.05) is 44.2 Å². The Bertz CT molecular complexity index is 1140. The number of aromatic nitrogens is 4. The summed E-state index contributed by atoms with van der Waals surface area (Å²) < 4.78 is 7.49. The number of hydrogen-bond donors (Lipinski definition) is 1. The van der Waals surface area contributed by atoms with Gasteiger partial charge >= 0.3 is 0 Å². The number of nitrogens with zero attached hydrogens (tertiary/aromatic N) is 4. The van der Waals surface area contributed by atoms with Crippen LogP contribution in [-0.2, 0) is 0 Å². The van der Waals surface area contributed by atoms with Gasteiger partial charge in [0.25, 0.3) is 5.91 Å². The second-order valence-electron chi connectivity index (χ2n) is 6.24. The molecule has 0 saturated carbocycles. The van der Waals surface area contributed by atoms with Gasteiger partial charge in [-0.3, -0.25) is 4.79 Å². The molecule has 3 heterocycles. The first-order valence-electron chi connectivity index (χ1n) is 8.70. The lowest BCUT2D eigenvalue weighted by Crippen LogP contribution is -2.29. The highest BCUT2D eigenvalue weighted by molar-refractivity contribution is 5.95. The molecule has 0 radical (unpaired) electrons. The van der Waals surface area contributed by atoms with Crippen LogP contribution in [0.4, 0.5) is 0 Å². The van der Waals surface area contributed by atoms with Crippen LogP contribution in [0, 0.1) is 13.8 Å². The molecular formula is C20H19N5O2. The van der Waals surface area contributed by atoms with Gasteiger partial charge in [-0.05, 0) is 26.0 Å². The third-order valence-electron chi connectivity index (χ3n) is 4.37. The number of ether oxygens (including phenoxy) is 1. The summed E-state index contributed by atoms with van der Waals surface area (Å²) in [6, 6.07) is 11.6. The number of benzene rings is 1. The van der Waals surface area contributed by atoms with E-state index in [4.69, 9.17) is 4.74 Å². The minimum atomic E-state index is -0.201. The van der Waals surface area contributed by atoms with Gasteiger partial charge in [-0.25, -0.2) is 14.5 Å². The summed E-state index contributed by atoms with van der Waals surface area (Å²) in [5.41, 5.74) is 3.72. The van der Waals surface area contributed by atoms with Crippen molar-refractivity contribution in [1.29, 1.82) is 0 Å². The van der Waals surface area contributed by atoms with Crippen molar-refractivity contribution in [1.82, 2.24) is 24.9 Å². The zero-order valence-corrected chi connectivity index (χ0v) is 15.1. The standard InChI is InChI=1S/C20H19N5O2/c1-13-6-7-15-4-3-5-17(19(15)24-13)27-11-10-21-20(26)16-12-22-18-8-9-23-25(18)14(16)2/h3-9,12H,10-11H2,1-2H3,(H,21,26). The van der Waals surface area contributed by atoms with E-state index in [0.717, 1.165) is 22.3 Å². The number of aryl methyl sites for hydroxylation is 2. The number of para-hydroxylation sites is 1. The molecule has 0 bridgehead atoms. The van der Waals surface area contributed by atoms with Crippen LogP contribution >= 0.6 is 0 Å². The van der Waals surface area contributed by atoms with E-state index in [-0.39, 0.29) is 5.91 Å². The third kappa shape index (κ3) is 3.31. The molecule has 0 saturated heterocycles. The Balaban J connectivity index is 1.41. The van der Waals surface area contributed by atoms with Gasteiger partial charge in [0, 0.05) is 23.3 Å². The molecule has 0 aliphatic rings.